The molecule has 3 rings (SSSR count). The van der Waals surface area contributed by atoms with E-state index in [1.54, 1.807) is 0 Å². The molecule has 1 aromatic carbocycles. The summed E-state index contributed by atoms with van der Waals surface area (Å²) in [7, 11) is 0. The maximum atomic E-state index is 12.2. The van der Waals surface area contributed by atoms with Crippen LogP contribution in [0.5, 0.6) is 0 Å². The molecule has 1 saturated carbocycles. The van der Waals surface area contributed by atoms with Crippen molar-refractivity contribution in [1.82, 2.24) is 4.90 Å². The molecule has 2 atom stereocenters. The van der Waals surface area contributed by atoms with E-state index in [0.717, 1.165) is 30.4 Å². The second kappa shape index (κ2) is 5.79. The second-order valence-corrected chi connectivity index (χ2v) is 6.85. The number of amides is 1. The fraction of sp³-hybridized carbons (Fsp3) is 0.500. The number of benzene rings is 1. The Kier molecular flexibility index (Phi) is 4.02. The highest BCUT2D eigenvalue weighted by Gasteiger charge is 2.50. The Morgan fingerprint density at radius 1 is 1.10 bits per heavy atom. The van der Waals surface area contributed by atoms with E-state index < -0.39 is 11.9 Å². The SMILES string of the molecule is O=C(O)C1CC1C(=O)N1CCC(c2ccc(Br)cc2)CC1. The van der Waals surface area contributed by atoms with Gasteiger partial charge in [0.05, 0.1) is 11.8 Å². The van der Waals surface area contributed by atoms with Gasteiger partial charge in [0.2, 0.25) is 5.91 Å². The van der Waals surface area contributed by atoms with Crippen LogP contribution in [0, 0.1) is 11.8 Å². The molecule has 0 aromatic heterocycles. The van der Waals surface area contributed by atoms with Crippen molar-refractivity contribution < 1.29 is 14.7 Å². The first kappa shape index (κ1) is 14.6. The molecule has 0 radical (unpaired) electrons. The molecule has 1 aliphatic heterocycles. The van der Waals surface area contributed by atoms with Crippen LogP contribution in [-0.4, -0.2) is 35.0 Å². The van der Waals surface area contributed by atoms with E-state index in [0.29, 0.717) is 12.3 Å². The van der Waals surface area contributed by atoms with Gasteiger partial charge in [0, 0.05) is 17.6 Å². The average Bonchev–Trinajstić information content (AvgIpc) is 3.28. The summed E-state index contributed by atoms with van der Waals surface area (Å²) in [6.45, 7) is 1.48. The summed E-state index contributed by atoms with van der Waals surface area (Å²) in [4.78, 5) is 24.9. The standard InChI is InChI=1S/C16H18BrNO3/c17-12-3-1-10(2-4-12)11-5-7-18(8-6-11)15(19)13-9-14(13)16(20)21/h1-4,11,13-14H,5-9H2,(H,20,21). The van der Waals surface area contributed by atoms with Crippen molar-refractivity contribution in [2.75, 3.05) is 13.1 Å². The van der Waals surface area contributed by atoms with Crippen LogP contribution in [0.1, 0.15) is 30.7 Å². The molecule has 1 aromatic rings. The molecule has 2 unspecified atom stereocenters. The van der Waals surface area contributed by atoms with Gasteiger partial charge in [-0.3, -0.25) is 9.59 Å². The van der Waals surface area contributed by atoms with Gasteiger partial charge in [0.1, 0.15) is 0 Å². The molecule has 1 aliphatic carbocycles. The first-order chi connectivity index (χ1) is 10.1. The molecule has 2 aliphatic rings. The van der Waals surface area contributed by atoms with Gasteiger partial charge >= 0.3 is 5.97 Å². The van der Waals surface area contributed by atoms with Crippen LogP contribution in [0.4, 0.5) is 0 Å². The van der Waals surface area contributed by atoms with Gasteiger partial charge in [-0.25, -0.2) is 0 Å². The number of rotatable bonds is 3. The summed E-state index contributed by atoms with van der Waals surface area (Å²) < 4.78 is 1.08. The van der Waals surface area contributed by atoms with Gasteiger partial charge in [0.25, 0.3) is 0 Å². The zero-order valence-electron chi connectivity index (χ0n) is 11.7. The highest BCUT2D eigenvalue weighted by Crippen LogP contribution is 2.41. The Morgan fingerprint density at radius 3 is 2.24 bits per heavy atom. The number of hydrogen-bond donors (Lipinski definition) is 1. The van der Waals surface area contributed by atoms with Crippen molar-refractivity contribution in [3.8, 4) is 0 Å². The Morgan fingerprint density at radius 2 is 1.71 bits per heavy atom. The van der Waals surface area contributed by atoms with Gasteiger partial charge in [-0.2, -0.15) is 0 Å². The van der Waals surface area contributed by atoms with E-state index in [1.165, 1.54) is 5.56 Å². The van der Waals surface area contributed by atoms with Crippen LogP contribution in [-0.2, 0) is 9.59 Å². The topological polar surface area (TPSA) is 57.6 Å². The number of carboxylic acid groups (broad SMARTS) is 1. The third-order valence-electron chi connectivity index (χ3n) is 4.57. The molecule has 1 N–H and O–H groups in total. The molecule has 0 spiro atoms. The third kappa shape index (κ3) is 3.12. The van der Waals surface area contributed by atoms with E-state index in [4.69, 9.17) is 5.11 Å². The molecule has 112 valence electrons. The molecular weight excluding hydrogens is 334 g/mol. The molecule has 1 heterocycles. The minimum atomic E-state index is -0.835. The summed E-state index contributed by atoms with van der Waals surface area (Å²) in [5.74, 6) is -1.01. The predicted octanol–water partition coefficient (Wildman–Crippen LogP) is 2.88. The molecule has 4 nitrogen and oxygen atoms in total. The fourth-order valence-electron chi connectivity index (χ4n) is 3.14. The van der Waals surface area contributed by atoms with Gasteiger partial charge in [-0.15, -0.1) is 0 Å². The van der Waals surface area contributed by atoms with Crippen LogP contribution >= 0.6 is 15.9 Å². The summed E-state index contributed by atoms with van der Waals surface area (Å²) in [5.41, 5.74) is 1.32. The lowest BCUT2D eigenvalue weighted by atomic mass is 9.89. The second-order valence-electron chi connectivity index (χ2n) is 5.94. The van der Waals surface area contributed by atoms with E-state index in [-0.39, 0.29) is 11.8 Å². The van der Waals surface area contributed by atoms with E-state index in [2.05, 4.69) is 40.2 Å². The smallest absolute Gasteiger partial charge is 0.307 e. The number of hydrogen-bond acceptors (Lipinski definition) is 2. The highest BCUT2D eigenvalue weighted by atomic mass is 79.9. The molecule has 2 fully saturated rings. The largest absolute Gasteiger partial charge is 0.481 e. The Balaban J connectivity index is 1.54. The predicted molar refractivity (Wildman–Crippen MR) is 81.9 cm³/mol. The normalized spacial score (nSPS) is 25.7. The molecular formula is C16H18BrNO3. The number of carboxylic acids is 1. The first-order valence-corrected chi connectivity index (χ1v) is 8.12. The zero-order valence-corrected chi connectivity index (χ0v) is 13.3. The molecule has 0 bridgehead atoms. The number of piperidine rings is 1. The van der Waals surface area contributed by atoms with Crippen LogP contribution in [0.3, 0.4) is 0 Å². The third-order valence-corrected chi connectivity index (χ3v) is 5.10. The van der Waals surface area contributed by atoms with Crippen LogP contribution in [0.25, 0.3) is 0 Å². The average molecular weight is 352 g/mol. The van der Waals surface area contributed by atoms with E-state index in [9.17, 15) is 9.59 Å². The zero-order chi connectivity index (χ0) is 15.0. The quantitative estimate of drug-likeness (QED) is 0.910. The van der Waals surface area contributed by atoms with Gasteiger partial charge < -0.3 is 10.0 Å². The number of aliphatic carboxylic acids is 1. The summed E-state index contributed by atoms with van der Waals surface area (Å²) in [6, 6.07) is 8.37. The number of nitrogens with zero attached hydrogens (tertiary/aromatic N) is 1. The number of halogens is 1. The minimum absolute atomic E-state index is 0.0386. The Bertz CT molecular complexity index is 549. The number of carbonyl (C=O) groups is 2. The van der Waals surface area contributed by atoms with Crippen molar-refractivity contribution >= 4 is 27.8 Å². The Labute approximate surface area is 132 Å². The van der Waals surface area contributed by atoms with Crippen LogP contribution < -0.4 is 0 Å². The van der Waals surface area contributed by atoms with Gasteiger partial charge in [-0.1, -0.05) is 28.1 Å². The lowest BCUT2D eigenvalue weighted by Gasteiger charge is -2.32. The molecule has 21 heavy (non-hydrogen) atoms. The number of carbonyl (C=O) groups excluding carboxylic acids is 1. The molecule has 5 heteroatoms. The van der Waals surface area contributed by atoms with Crippen molar-refractivity contribution in [3.63, 3.8) is 0 Å². The molecule has 1 saturated heterocycles. The number of likely N-dealkylation sites (tertiary alicyclic amines) is 1. The van der Waals surface area contributed by atoms with Crippen molar-refractivity contribution in [3.05, 3.63) is 34.3 Å². The first-order valence-electron chi connectivity index (χ1n) is 7.33. The monoisotopic (exact) mass is 351 g/mol. The summed E-state index contributed by atoms with van der Waals surface area (Å²) >= 11 is 3.44. The van der Waals surface area contributed by atoms with E-state index >= 15 is 0 Å². The fourth-order valence-corrected chi connectivity index (χ4v) is 3.41. The lowest BCUT2D eigenvalue weighted by molar-refractivity contribution is -0.142. The summed E-state index contributed by atoms with van der Waals surface area (Å²) in [6.07, 6.45) is 2.43. The minimum Gasteiger partial charge on any atom is -0.481 e. The van der Waals surface area contributed by atoms with Crippen molar-refractivity contribution in [2.45, 2.75) is 25.2 Å². The maximum Gasteiger partial charge on any atom is 0.307 e. The van der Waals surface area contributed by atoms with Crippen LogP contribution in [0.15, 0.2) is 28.7 Å². The highest BCUT2D eigenvalue weighted by molar-refractivity contribution is 9.10. The Hall–Kier alpha value is -1.36. The van der Waals surface area contributed by atoms with Gasteiger partial charge in [0.15, 0.2) is 0 Å². The maximum absolute atomic E-state index is 12.2. The summed E-state index contributed by atoms with van der Waals surface area (Å²) in [5, 5.41) is 8.91. The van der Waals surface area contributed by atoms with Crippen molar-refractivity contribution in [2.24, 2.45) is 11.8 Å². The van der Waals surface area contributed by atoms with Gasteiger partial charge in [-0.05, 0) is 42.9 Å². The van der Waals surface area contributed by atoms with Crippen molar-refractivity contribution in [1.29, 1.82) is 0 Å². The van der Waals surface area contributed by atoms with E-state index in [1.807, 2.05) is 4.90 Å². The molecule has 1 amide bonds. The van der Waals surface area contributed by atoms with Crippen LogP contribution in [0.2, 0.25) is 0 Å². The lowest BCUT2D eigenvalue weighted by Crippen LogP contribution is -2.39.